The van der Waals surface area contributed by atoms with Gasteiger partial charge in [-0.15, -0.1) is 5.10 Å². The Hall–Kier alpha value is -3.61. The van der Waals surface area contributed by atoms with Crippen molar-refractivity contribution in [1.82, 2.24) is 20.2 Å². The smallest absolute Gasteiger partial charge is 0.149 e. The fraction of sp³-hybridized carbons (Fsp3) is 0.150. The molecule has 0 spiro atoms. The van der Waals surface area contributed by atoms with Crippen LogP contribution in [-0.2, 0) is 13.5 Å². The summed E-state index contributed by atoms with van der Waals surface area (Å²) in [5.41, 5.74) is 6.68. The maximum Gasteiger partial charge on any atom is 0.149 e. The highest BCUT2D eigenvalue weighted by Gasteiger charge is 2.04. The van der Waals surface area contributed by atoms with Crippen molar-refractivity contribution >= 4 is 28.7 Å². The van der Waals surface area contributed by atoms with E-state index in [9.17, 15) is 0 Å². The Balaban J connectivity index is 1.85. The van der Waals surface area contributed by atoms with Crippen molar-refractivity contribution in [2.75, 3.05) is 0 Å². The molecule has 0 aliphatic carbocycles. The van der Waals surface area contributed by atoms with Crippen LogP contribution in [0.25, 0.3) is 10.9 Å². The minimum Gasteiger partial charge on any atom is -0.275 e. The van der Waals surface area contributed by atoms with Gasteiger partial charge in [-0.2, -0.15) is 15.3 Å². The number of nitrogens with one attached hydrogen (secondary N) is 1. The van der Waals surface area contributed by atoms with Crippen LogP contribution in [0.5, 0.6) is 0 Å². The molecule has 7 heteroatoms. The third-order valence-electron chi connectivity index (χ3n) is 3.86. The van der Waals surface area contributed by atoms with Gasteiger partial charge in [-0.1, -0.05) is 18.7 Å². The normalized spacial score (nSPS) is 12.7. The molecular formula is C20H21N7. The summed E-state index contributed by atoms with van der Waals surface area (Å²) in [5, 5.41) is 18.0. The van der Waals surface area contributed by atoms with Crippen molar-refractivity contribution in [2.24, 2.45) is 22.4 Å². The molecule has 0 atom stereocenters. The molecule has 1 aromatic carbocycles. The highest BCUT2D eigenvalue weighted by Crippen LogP contribution is 2.14. The number of pyridine rings is 1. The summed E-state index contributed by atoms with van der Waals surface area (Å²) in [4.78, 5) is 4.35. The first kappa shape index (κ1) is 18.2. The number of nitrogens with zero attached hydrogens (tertiary/aromatic N) is 6. The van der Waals surface area contributed by atoms with Crippen molar-refractivity contribution in [3.8, 4) is 0 Å². The van der Waals surface area contributed by atoms with E-state index in [-0.39, 0.29) is 0 Å². The lowest BCUT2D eigenvalue weighted by atomic mass is 10.1. The van der Waals surface area contributed by atoms with Crippen molar-refractivity contribution in [2.45, 2.75) is 13.3 Å². The molecule has 2 heterocycles. The number of hydrazone groups is 1. The summed E-state index contributed by atoms with van der Waals surface area (Å²) in [7, 11) is 1.87. The van der Waals surface area contributed by atoms with E-state index in [1.165, 1.54) is 0 Å². The average Bonchev–Trinajstić information content (AvgIpc) is 3.12. The molecule has 27 heavy (non-hydrogen) atoms. The molecule has 0 saturated heterocycles. The third-order valence-corrected chi connectivity index (χ3v) is 3.86. The number of hydrogen-bond donors (Lipinski definition) is 1. The van der Waals surface area contributed by atoms with E-state index < -0.39 is 0 Å². The fourth-order valence-electron chi connectivity index (χ4n) is 2.49. The van der Waals surface area contributed by atoms with Gasteiger partial charge in [0, 0.05) is 43.0 Å². The number of rotatable bonds is 6. The second kappa shape index (κ2) is 8.66. The van der Waals surface area contributed by atoms with Crippen LogP contribution in [0.2, 0.25) is 0 Å². The highest BCUT2D eigenvalue weighted by atomic mass is 15.4. The second-order valence-electron chi connectivity index (χ2n) is 5.97. The Kier molecular flexibility index (Phi) is 5.84. The van der Waals surface area contributed by atoms with Gasteiger partial charge in [0.2, 0.25) is 0 Å². The first-order chi connectivity index (χ1) is 13.2. The predicted molar refractivity (Wildman–Crippen MR) is 110 cm³/mol. The molecule has 0 bridgehead atoms. The van der Waals surface area contributed by atoms with Crippen molar-refractivity contribution in [1.29, 1.82) is 0 Å². The number of aromatic nitrogens is 3. The molecule has 1 N–H and O–H groups in total. The molecule has 0 fully saturated rings. The third kappa shape index (κ3) is 4.94. The number of fused-ring (bicyclic) bond motifs is 1. The van der Waals surface area contributed by atoms with E-state index in [1.54, 1.807) is 29.4 Å². The van der Waals surface area contributed by atoms with Crippen molar-refractivity contribution in [3.05, 3.63) is 72.7 Å². The minimum atomic E-state index is 0.559. The Morgan fingerprint density at radius 2 is 2.19 bits per heavy atom. The average molecular weight is 359 g/mol. The van der Waals surface area contributed by atoms with E-state index in [0.29, 0.717) is 12.3 Å². The largest absolute Gasteiger partial charge is 0.275 e. The van der Waals surface area contributed by atoms with E-state index >= 15 is 0 Å². The van der Waals surface area contributed by atoms with Crippen LogP contribution in [0.4, 0.5) is 0 Å². The molecule has 0 aliphatic heterocycles. The molecule has 0 saturated carbocycles. The summed E-state index contributed by atoms with van der Waals surface area (Å²) in [5.74, 6) is 0.625. The summed E-state index contributed by atoms with van der Waals surface area (Å²) in [6.07, 6.45) is 9.16. The van der Waals surface area contributed by atoms with E-state index in [1.807, 2.05) is 44.4 Å². The maximum absolute atomic E-state index is 4.35. The number of hydrogen-bond acceptors (Lipinski definition) is 5. The Bertz CT molecular complexity index is 1030. The number of amidine groups is 1. The SMILES string of the molecule is C=C/C=N/N/C(Cc1ccc2ncccc2c1)=N/N=C(\C)c1cnn(C)c1. The summed E-state index contributed by atoms with van der Waals surface area (Å²) < 4.78 is 1.73. The van der Waals surface area contributed by atoms with Gasteiger partial charge in [0.15, 0.2) is 0 Å². The molecule has 3 aromatic rings. The van der Waals surface area contributed by atoms with Gasteiger partial charge in [-0.25, -0.2) is 0 Å². The van der Waals surface area contributed by atoms with Crippen LogP contribution in [0.3, 0.4) is 0 Å². The lowest BCUT2D eigenvalue weighted by Crippen LogP contribution is -2.20. The number of allylic oxidation sites excluding steroid dienone is 1. The number of aryl methyl sites for hydroxylation is 1. The van der Waals surface area contributed by atoms with Crippen molar-refractivity contribution < 1.29 is 0 Å². The molecule has 0 aliphatic rings. The lowest BCUT2D eigenvalue weighted by molar-refractivity contribution is 0.767. The topological polar surface area (TPSA) is 79.8 Å². The van der Waals surface area contributed by atoms with Gasteiger partial charge in [0.05, 0.1) is 17.4 Å². The van der Waals surface area contributed by atoms with Gasteiger partial charge in [0.25, 0.3) is 0 Å². The molecule has 3 rings (SSSR count). The highest BCUT2D eigenvalue weighted by molar-refractivity contribution is 5.98. The first-order valence-electron chi connectivity index (χ1n) is 8.49. The second-order valence-corrected chi connectivity index (χ2v) is 5.97. The summed E-state index contributed by atoms with van der Waals surface area (Å²) >= 11 is 0. The lowest BCUT2D eigenvalue weighted by Gasteiger charge is -2.06. The zero-order valence-electron chi connectivity index (χ0n) is 15.4. The van der Waals surface area contributed by atoms with E-state index in [2.05, 4.69) is 43.5 Å². The van der Waals surface area contributed by atoms with Crippen LogP contribution in [0.15, 0.2) is 76.9 Å². The van der Waals surface area contributed by atoms with Crippen LogP contribution < -0.4 is 5.43 Å². The van der Waals surface area contributed by atoms with Gasteiger partial charge in [-0.3, -0.25) is 15.1 Å². The van der Waals surface area contributed by atoms with Crippen LogP contribution in [0, 0.1) is 0 Å². The molecule has 0 unspecified atom stereocenters. The Morgan fingerprint density at radius 1 is 1.30 bits per heavy atom. The van der Waals surface area contributed by atoms with Gasteiger partial charge >= 0.3 is 0 Å². The summed E-state index contributed by atoms with van der Waals surface area (Å²) in [6, 6.07) is 10.1. The van der Waals surface area contributed by atoms with Crippen molar-refractivity contribution in [3.63, 3.8) is 0 Å². The minimum absolute atomic E-state index is 0.559. The fourth-order valence-corrected chi connectivity index (χ4v) is 2.49. The van der Waals surface area contributed by atoms with E-state index in [4.69, 9.17) is 0 Å². The molecule has 7 nitrogen and oxygen atoms in total. The Morgan fingerprint density at radius 3 is 2.96 bits per heavy atom. The van der Waals surface area contributed by atoms with Gasteiger partial charge < -0.3 is 0 Å². The van der Waals surface area contributed by atoms with Crippen LogP contribution >= 0.6 is 0 Å². The zero-order chi connectivity index (χ0) is 19.1. The maximum atomic E-state index is 4.35. The van der Waals surface area contributed by atoms with Crippen LogP contribution in [0.1, 0.15) is 18.1 Å². The molecule has 0 amide bonds. The van der Waals surface area contributed by atoms with Gasteiger partial charge in [-0.05, 0) is 36.8 Å². The monoisotopic (exact) mass is 359 g/mol. The van der Waals surface area contributed by atoms with Gasteiger partial charge in [0.1, 0.15) is 5.84 Å². The molecule has 0 radical (unpaired) electrons. The zero-order valence-corrected chi connectivity index (χ0v) is 15.4. The Labute approximate surface area is 157 Å². The first-order valence-corrected chi connectivity index (χ1v) is 8.49. The molecular weight excluding hydrogens is 338 g/mol. The van der Waals surface area contributed by atoms with E-state index in [0.717, 1.165) is 27.7 Å². The quantitative estimate of drug-likeness (QED) is 0.417. The summed E-state index contributed by atoms with van der Waals surface area (Å²) in [6.45, 7) is 5.51. The predicted octanol–water partition coefficient (Wildman–Crippen LogP) is 3.09. The molecule has 136 valence electrons. The standard InChI is InChI=1S/C20H21N7/c1-4-9-22-25-20(26-24-15(2)18-13-23-27(3)14-18)12-16-7-8-19-17(11-16)6-5-10-21-19/h4-11,13-14H,1,12H2,2-3H3,(H,25,26)/b22-9+,24-15+. The van der Waals surface area contributed by atoms with Crippen LogP contribution in [-0.4, -0.2) is 32.5 Å². The molecule has 2 aromatic heterocycles. The number of benzene rings is 1.